The molecule has 0 radical (unpaired) electrons. The summed E-state index contributed by atoms with van der Waals surface area (Å²) in [5.74, 6) is -1.85. The standard InChI is InChI=1S/C16H28O4/c1-3-15(13(17)18)11-9-7-5-6-8-10-12-16(15,4-2)14(19)20/h3-12H2,1-2H3,(H,17,18)(H,19,20). The van der Waals surface area contributed by atoms with Gasteiger partial charge in [0.05, 0.1) is 10.8 Å². The number of rotatable bonds is 4. The van der Waals surface area contributed by atoms with Crippen molar-refractivity contribution in [2.45, 2.75) is 78.1 Å². The number of carbonyl (C=O) groups is 2. The molecule has 20 heavy (non-hydrogen) atoms. The van der Waals surface area contributed by atoms with Crippen LogP contribution in [0.5, 0.6) is 0 Å². The molecule has 0 aromatic rings. The molecule has 0 saturated heterocycles. The van der Waals surface area contributed by atoms with E-state index in [1.165, 1.54) is 0 Å². The van der Waals surface area contributed by atoms with E-state index in [1.54, 1.807) is 0 Å². The predicted octanol–water partition coefficient (Wildman–Crippen LogP) is 4.08. The number of carboxylic acids is 2. The maximum absolute atomic E-state index is 12.0. The van der Waals surface area contributed by atoms with Crippen LogP contribution in [-0.4, -0.2) is 22.2 Å². The Morgan fingerprint density at radius 2 is 1.05 bits per heavy atom. The highest BCUT2D eigenvalue weighted by Gasteiger charge is 2.58. The van der Waals surface area contributed by atoms with Gasteiger partial charge in [-0.3, -0.25) is 9.59 Å². The molecule has 0 aromatic carbocycles. The number of aliphatic carboxylic acids is 2. The van der Waals surface area contributed by atoms with Gasteiger partial charge in [0.15, 0.2) is 0 Å². The van der Waals surface area contributed by atoms with E-state index in [9.17, 15) is 19.8 Å². The molecule has 4 nitrogen and oxygen atoms in total. The minimum atomic E-state index is -1.12. The van der Waals surface area contributed by atoms with Crippen LogP contribution in [0.3, 0.4) is 0 Å². The second-order valence-electron chi connectivity index (χ2n) is 6.10. The molecule has 116 valence electrons. The first-order valence-electron chi connectivity index (χ1n) is 7.93. The molecule has 1 fully saturated rings. The summed E-state index contributed by atoms with van der Waals surface area (Å²) in [6, 6.07) is 0. The Labute approximate surface area is 121 Å². The molecule has 2 atom stereocenters. The van der Waals surface area contributed by atoms with Crippen LogP contribution in [0.15, 0.2) is 0 Å². The van der Waals surface area contributed by atoms with Crippen LogP contribution in [0, 0.1) is 10.8 Å². The normalized spacial score (nSPS) is 32.5. The lowest BCUT2D eigenvalue weighted by molar-refractivity contribution is -0.178. The third-order valence-corrected chi connectivity index (χ3v) is 5.40. The minimum Gasteiger partial charge on any atom is -0.481 e. The van der Waals surface area contributed by atoms with Gasteiger partial charge in [-0.05, 0) is 25.7 Å². The first-order valence-corrected chi connectivity index (χ1v) is 7.93. The Morgan fingerprint density at radius 1 is 0.750 bits per heavy atom. The van der Waals surface area contributed by atoms with Crippen molar-refractivity contribution in [3.8, 4) is 0 Å². The van der Waals surface area contributed by atoms with Gasteiger partial charge in [-0.25, -0.2) is 0 Å². The van der Waals surface area contributed by atoms with Crippen LogP contribution in [0.4, 0.5) is 0 Å². The highest BCUT2D eigenvalue weighted by Crippen LogP contribution is 2.52. The average Bonchev–Trinajstić information content (AvgIpc) is 2.42. The van der Waals surface area contributed by atoms with E-state index >= 15 is 0 Å². The van der Waals surface area contributed by atoms with Crippen molar-refractivity contribution in [2.24, 2.45) is 10.8 Å². The third-order valence-electron chi connectivity index (χ3n) is 5.40. The van der Waals surface area contributed by atoms with Gasteiger partial charge < -0.3 is 10.2 Å². The van der Waals surface area contributed by atoms with E-state index in [0.717, 1.165) is 38.5 Å². The Morgan fingerprint density at radius 3 is 1.30 bits per heavy atom. The molecule has 0 bridgehead atoms. The largest absolute Gasteiger partial charge is 0.481 e. The number of hydrogen-bond donors (Lipinski definition) is 2. The van der Waals surface area contributed by atoms with E-state index in [0.29, 0.717) is 25.7 Å². The average molecular weight is 284 g/mol. The van der Waals surface area contributed by atoms with Crippen LogP contribution in [-0.2, 0) is 9.59 Å². The van der Waals surface area contributed by atoms with Crippen molar-refractivity contribution >= 4 is 11.9 Å². The summed E-state index contributed by atoms with van der Waals surface area (Å²) in [6.07, 6.45) is 7.66. The second-order valence-corrected chi connectivity index (χ2v) is 6.10. The number of carboxylic acid groups (broad SMARTS) is 2. The lowest BCUT2D eigenvalue weighted by atomic mass is 9.56. The van der Waals surface area contributed by atoms with Crippen LogP contribution in [0.2, 0.25) is 0 Å². The van der Waals surface area contributed by atoms with Crippen molar-refractivity contribution in [2.75, 3.05) is 0 Å². The molecule has 1 aliphatic carbocycles. The highest BCUT2D eigenvalue weighted by atomic mass is 16.4. The van der Waals surface area contributed by atoms with Gasteiger partial charge in [0.1, 0.15) is 0 Å². The summed E-state index contributed by atoms with van der Waals surface area (Å²) in [7, 11) is 0. The molecule has 2 unspecified atom stereocenters. The van der Waals surface area contributed by atoms with Crippen LogP contribution >= 0.6 is 0 Å². The van der Waals surface area contributed by atoms with Gasteiger partial charge >= 0.3 is 11.9 Å². The first kappa shape index (κ1) is 17.0. The SMILES string of the molecule is CCC1(C(=O)O)CCCCCCCCC1(CC)C(=O)O. The van der Waals surface area contributed by atoms with Gasteiger partial charge in [-0.2, -0.15) is 0 Å². The maximum atomic E-state index is 12.0. The smallest absolute Gasteiger partial charge is 0.310 e. The monoisotopic (exact) mass is 284 g/mol. The molecule has 0 aromatic heterocycles. The Hall–Kier alpha value is -1.06. The molecule has 0 heterocycles. The maximum Gasteiger partial charge on any atom is 0.310 e. The molecular weight excluding hydrogens is 256 g/mol. The summed E-state index contributed by atoms with van der Waals surface area (Å²) in [4.78, 5) is 24.0. The predicted molar refractivity (Wildman–Crippen MR) is 77.7 cm³/mol. The molecule has 4 heteroatoms. The van der Waals surface area contributed by atoms with Gasteiger partial charge in [0, 0.05) is 0 Å². The number of hydrogen-bond acceptors (Lipinski definition) is 2. The Balaban J connectivity index is 3.28. The lowest BCUT2D eigenvalue weighted by Gasteiger charge is -2.45. The highest BCUT2D eigenvalue weighted by molar-refractivity contribution is 5.86. The molecule has 1 aliphatic rings. The fraction of sp³-hybridized carbons (Fsp3) is 0.875. The summed E-state index contributed by atoms with van der Waals surface area (Å²) in [5, 5.41) is 19.6. The van der Waals surface area contributed by atoms with Crippen LogP contribution < -0.4 is 0 Å². The van der Waals surface area contributed by atoms with Gasteiger partial charge in [-0.15, -0.1) is 0 Å². The quantitative estimate of drug-likeness (QED) is 0.815. The molecule has 1 saturated carbocycles. The summed E-state index contributed by atoms with van der Waals surface area (Å²) in [5.41, 5.74) is -2.24. The molecular formula is C16H28O4. The van der Waals surface area contributed by atoms with Crippen molar-refractivity contribution in [3.05, 3.63) is 0 Å². The molecule has 2 N–H and O–H groups in total. The first-order chi connectivity index (χ1) is 9.47. The van der Waals surface area contributed by atoms with E-state index in [1.807, 2.05) is 13.8 Å². The van der Waals surface area contributed by atoms with E-state index in [2.05, 4.69) is 0 Å². The molecule has 1 rings (SSSR count). The van der Waals surface area contributed by atoms with E-state index < -0.39 is 22.8 Å². The second kappa shape index (κ2) is 7.09. The zero-order valence-corrected chi connectivity index (χ0v) is 12.8. The third kappa shape index (κ3) is 2.84. The summed E-state index contributed by atoms with van der Waals surface area (Å²) in [6.45, 7) is 3.65. The zero-order chi connectivity index (χ0) is 15.2. The topological polar surface area (TPSA) is 74.6 Å². The van der Waals surface area contributed by atoms with Crippen molar-refractivity contribution in [1.29, 1.82) is 0 Å². The lowest BCUT2D eigenvalue weighted by Crippen LogP contribution is -2.52. The van der Waals surface area contributed by atoms with Crippen molar-refractivity contribution in [1.82, 2.24) is 0 Å². The van der Waals surface area contributed by atoms with E-state index in [4.69, 9.17) is 0 Å². The minimum absolute atomic E-state index is 0.391. The molecule has 0 spiro atoms. The fourth-order valence-corrected chi connectivity index (χ4v) is 4.00. The molecule has 0 amide bonds. The van der Waals surface area contributed by atoms with Crippen molar-refractivity contribution in [3.63, 3.8) is 0 Å². The van der Waals surface area contributed by atoms with Crippen LogP contribution in [0.1, 0.15) is 78.1 Å². The summed E-state index contributed by atoms with van der Waals surface area (Å²) >= 11 is 0. The zero-order valence-electron chi connectivity index (χ0n) is 12.8. The Bertz CT molecular complexity index is 318. The van der Waals surface area contributed by atoms with Gasteiger partial charge in [0.2, 0.25) is 0 Å². The fourth-order valence-electron chi connectivity index (χ4n) is 4.00. The van der Waals surface area contributed by atoms with Gasteiger partial charge in [-0.1, -0.05) is 52.4 Å². The van der Waals surface area contributed by atoms with Crippen molar-refractivity contribution < 1.29 is 19.8 Å². The van der Waals surface area contributed by atoms with Gasteiger partial charge in [0.25, 0.3) is 0 Å². The van der Waals surface area contributed by atoms with E-state index in [-0.39, 0.29) is 0 Å². The summed E-state index contributed by atoms with van der Waals surface area (Å²) < 4.78 is 0. The molecule has 0 aliphatic heterocycles. The Kier molecular flexibility index (Phi) is 6.03. The van der Waals surface area contributed by atoms with Crippen LogP contribution in [0.25, 0.3) is 0 Å².